The van der Waals surface area contributed by atoms with Gasteiger partial charge < -0.3 is 0 Å². The molecule has 108 valence electrons. The van der Waals surface area contributed by atoms with Gasteiger partial charge in [0.1, 0.15) is 0 Å². The zero-order valence-electron chi connectivity index (χ0n) is 12.7. The maximum Gasteiger partial charge on any atom is 0.0286 e. The van der Waals surface area contributed by atoms with Crippen LogP contribution in [0.15, 0.2) is 40.9 Å². The lowest BCUT2D eigenvalue weighted by Gasteiger charge is -2.14. The number of hydrogen-bond acceptors (Lipinski definition) is 0. The zero-order valence-corrected chi connectivity index (χ0v) is 14.3. The summed E-state index contributed by atoms with van der Waals surface area (Å²) in [4.78, 5) is 0. The molecule has 1 heteroatoms. The lowest BCUT2D eigenvalue weighted by Crippen LogP contribution is -1.94. The van der Waals surface area contributed by atoms with Crippen molar-refractivity contribution >= 4 is 22.0 Å². The molecule has 0 aromatic heterocycles. The van der Waals surface area contributed by atoms with Gasteiger partial charge in [-0.3, -0.25) is 0 Å². The average Bonchev–Trinajstić information content (AvgIpc) is 2.95. The number of aryl methyl sites for hydroxylation is 2. The van der Waals surface area contributed by atoms with Crippen LogP contribution in [-0.2, 0) is 12.8 Å². The van der Waals surface area contributed by atoms with Gasteiger partial charge in [-0.05, 0) is 69.9 Å². The van der Waals surface area contributed by atoms with Crippen LogP contribution < -0.4 is 0 Å². The molecule has 0 fully saturated rings. The maximum atomic E-state index is 3.80. The number of halogens is 1. The second-order valence-corrected chi connectivity index (χ2v) is 6.65. The summed E-state index contributed by atoms with van der Waals surface area (Å²) in [7, 11) is 0. The lowest BCUT2D eigenvalue weighted by molar-refractivity contribution is 0.795. The van der Waals surface area contributed by atoms with Gasteiger partial charge in [-0.1, -0.05) is 55.8 Å². The Bertz CT molecular complexity index is 678. The van der Waals surface area contributed by atoms with Gasteiger partial charge in [0.05, 0.1) is 0 Å². The minimum Gasteiger partial charge on any atom is -0.0795 e. The Labute approximate surface area is 136 Å². The van der Waals surface area contributed by atoms with Gasteiger partial charge in [-0.25, -0.2) is 0 Å². The first kappa shape index (κ1) is 14.6. The van der Waals surface area contributed by atoms with E-state index in [1.807, 2.05) is 0 Å². The highest BCUT2D eigenvalue weighted by molar-refractivity contribution is 9.10. The van der Waals surface area contributed by atoms with Gasteiger partial charge in [0.2, 0.25) is 0 Å². The van der Waals surface area contributed by atoms with Crippen LogP contribution in [0.4, 0.5) is 0 Å². The van der Waals surface area contributed by atoms with Crippen LogP contribution in [0.5, 0.6) is 0 Å². The number of rotatable bonds is 4. The number of hydrogen-bond donors (Lipinski definition) is 0. The smallest absolute Gasteiger partial charge is 0.0286 e. The predicted molar refractivity (Wildman–Crippen MR) is 95.7 cm³/mol. The summed E-state index contributed by atoms with van der Waals surface area (Å²) in [5.41, 5.74) is 8.28. The Morgan fingerprint density at radius 1 is 1.14 bits per heavy atom. The molecule has 0 nitrogen and oxygen atoms in total. The van der Waals surface area contributed by atoms with E-state index in [-0.39, 0.29) is 0 Å². The molecule has 3 rings (SSSR count). The molecule has 1 aliphatic carbocycles. The first-order chi connectivity index (χ1) is 10.2. The van der Waals surface area contributed by atoms with Crippen LogP contribution in [0.1, 0.15) is 42.0 Å². The van der Waals surface area contributed by atoms with Gasteiger partial charge in [-0.2, -0.15) is 0 Å². The van der Waals surface area contributed by atoms with E-state index in [2.05, 4.69) is 72.3 Å². The normalized spacial score (nSPS) is 12.7. The van der Waals surface area contributed by atoms with E-state index >= 15 is 0 Å². The summed E-state index contributed by atoms with van der Waals surface area (Å²) < 4.78 is 1.24. The summed E-state index contributed by atoms with van der Waals surface area (Å²) in [5.74, 6) is 0. The van der Waals surface area contributed by atoms with Crippen molar-refractivity contribution < 1.29 is 0 Å². The van der Waals surface area contributed by atoms with Crippen molar-refractivity contribution in [2.24, 2.45) is 0 Å². The molecule has 0 heterocycles. The highest BCUT2D eigenvalue weighted by Gasteiger charge is 2.17. The van der Waals surface area contributed by atoms with E-state index in [4.69, 9.17) is 0 Å². The van der Waals surface area contributed by atoms with E-state index < -0.39 is 0 Å². The minimum absolute atomic E-state index is 1.04. The quantitative estimate of drug-likeness (QED) is 0.609. The summed E-state index contributed by atoms with van der Waals surface area (Å²) >= 11 is 3.80. The van der Waals surface area contributed by atoms with Crippen molar-refractivity contribution in [1.29, 1.82) is 0 Å². The molecule has 0 radical (unpaired) electrons. The fraction of sp³-hybridized carbons (Fsp3) is 0.300. The van der Waals surface area contributed by atoms with E-state index in [9.17, 15) is 0 Å². The second kappa shape index (κ2) is 6.19. The number of fused-ring (bicyclic) bond motifs is 1. The number of allylic oxidation sites excluding steroid dienone is 1. The number of benzene rings is 2. The Balaban J connectivity index is 2.01. The van der Waals surface area contributed by atoms with E-state index in [1.165, 1.54) is 57.1 Å². The van der Waals surface area contributed by atoms with Gasteiger partial charge in [0.15, 0.2) is 0 Å². The van der Waals surface area contributed by atoms with E-state index in [1.54, 1.807) is 0 Å². The Kier molecular flexibility index (Phi) is 4.30. The first-order valence-corrected chi connectivity index (χ1v) is 8.58. The highest BCUT2D eigenvalue weighted by Crippen LogP contribution is 2.39. The largest absolute Gasteiger partial charge is 0.0795 e. The van der Waals surface area contributed by atoms with Crippen molar-refractivity contribution in [1.82, 2.24) is 0 Å². The third-order valence-corrected chi connectivity index (χ3v) is 5.29. The molecule has 0 unspecified atom stereocenters. The third kappa shape index (κ3) is 2.85. The summed E-state index contributed by atoms with van der Waals surface area (Å²) in [5, 5.41) is 0. The monoisotopic (exact) mass is 340 g/mol. The van der Waals surface area contributed by atoms with Crippen LogP contribution in [-0.4, -0.2) is 0 Å². The summed E-state index contributed by atoms with van der Waals surface area (Å²) in [6.45, 7) is 4.42. The lowest BCUT2D eigenvalue weighted by atomic mass is 9.93. The minimum atomic E-state index is 1.04. The van der Waals surface area contributed by atoms with E-state index in [0.29, 0.717) is 0 Å². The fourth-order valence-electron chi connectivity index (χ4n) is 3.05. The molecule has 0 atom stereocenters. The SMILES string of the molecule is CCCCc1ccc(-c2c(Br)c(C)cc3c2CC=C3)cc1. The van der Waals surface area contributed by atoms with Gasteiger partial charge in [-0.15, -0.1) is 0 Å². The average molecular weight is 341 g/mol. The molecular formula is C20H21Br. The molecule has 0 bridgehead atoms. The maximum absolute atomic E-state index is 3.80. The molecule has 0 aliphatic heterocycles. The fourth-order valence-corrected chi connectivity index (χ4v) is 3.63. The zero-order chi connectivity index (χ0) is 14.8. The standard InChI is InChI=1S/C20H21Br/c1-3-4-6-15-9-11-16(12-10-15)19-18-8-5-7-17(18)13-14(2)20(19)21/h5,7,9-13H,3-4,6,8H2,1-2H3. The molecule has 21 heavy (non-hydrogen) atoms. The molecule has 0 saturated carbocycles. The van der Waals surface area contributed by atoms with Gasteiger partial charge in [0, 0.05) is 10.0 Å². The Morgan fingerprint density at radius 3 is 2.62 bits per heavy atom. The first-order valence-electron chi connectivity index (χ1n) is 7.78. The van der Waals surface area contributed by atoms with Crippen molar-refractivity contribution in [3.05, 3.63) is 63.1 Å². The molecule has 0 amide bonds. The molecule has 0 N–H and O–H groups in total. The van der Waals surface area contributed by atoms with Crippen LogP contribution in [0.25, 0.3) is 17.2 Å². The topological polar surface area (TPSA) is 0 Å². The van der Waals surface area contributed by atoms with Gasteiger partial charge in [0.25, 0.3) is 0 Å². The second-order valence-electron chi connectivity index (χ2n) is 5.86. The Hall–Kier alpha value is -1.34. The van der Waals surface area contributed by atoms with Crippen LogP contribution in [0, 0.1) is 6.92 Å². The molecule has 2 aromatic carbocycles. The molecule has 0 saturated heterocycles. The molecule has 2 aromatic rings. The molecule has 1 aliphatic rings. The summed E-state index contributed by atoms with van der Waals surface area (Å²) in [6, 6.07) is 11.4. The van der Waals surface area contributed by atoms with Crippen molar-refractivity contribution in [3.8, 4) is 11.1 Å². The van der Waals surface area contributed by atoms with E-state index in [0.717, 1.165) is 6.42 Å². The molecule has 0 spiro atoms. The van der Waals surface area contributed by atoms with Crippen LogP contribution >= 0.6 is 15.9 Å². The van der Waals surface area contributed by atoms with Gasteiger partial charge >= 0.3 is 0 Å². The van der Waals surface area contributed by atoms with Crippen molar-refractivity contribution in [2.45, 2.75) is 39.5 Å². The Morgan fingerprint density at radius 2 is 1.90 bits per heavy atom. The van der Waals surface area contributed by atoms with Crippen LogP contribution in [0.2, 0.25) is 0 Å². The third-order valence-electron chi connectivity index (χ3n) is 4.27. The van der Waals surface area contributed by atoms with Crippen molar-refractivity contribution in [3.63, 3.8) is 0 Å². The summed E-state index contributed by atoms with van der Waals surface area (Å²) in [6.07, 6.45) is 9.26. The highest BCUT2D eigenvalue weighted by atomic mass is 79.9. The van der Waals surface area contributed by atoms with Crippen molar-refractivity contribution in [2.75, 3.05) is 0 Å². The number of unbranched alkanes of at least 4 members (excludes halogenated alkanes) is 1. The van der Waals surface area contributed by atoms with Crippen LogP contribution in [0.3, 0.4) is 0 Å². The molecular weight excluding hydrogens is 320 g/mol. The predicted octanol–water partition coefficient (Wildman–Crippen LogP) is 6.34.